The molecule has 2 aromatic rings. The maximum atomic E-state index is 6.01. The summed E-state index contributed by atoms with van der Waals surface area (Å²) < 4.78 is 5.41. The van der Waals surface area contributed by atoms with Crippen LogP contribution in [0.15, 0.2) is 28.8 Å². The third-order valence-electron chi connectivity index (χ3n) is 4.76. The smallest absolute Gasteiger partial charge is 0.241 e. The number of nitrogens with one attached hydrogen (secondary N) is 1. The van der Waals surface area contributed by atoms with E-state index >= 15 is 0 Å². The van der Waals surface area contributed by atoms with Gasteiger partial charge in [0.25, 0.3) is 0 Å². The molecule has 2 fully saturated rings. The highest BCUT2D eigenvalue weighted by Gasteiger charge is 2.40. The van der Waals surface area contributed by atoms with Gasteiger partial charge in [-0.05, 0) is 43.5 Å². The van der Waals surface area contributed by atoms with Gasteiger partial charge in [0.2, 0.25) is 11.7 Å². The molecule has 4 rings (SSSR count). The molecule has 1 N–H and O–H groups in total. The molecule has 2 aliphatic rings. The standard InChI is InChI=1S/C16H19ClN4O/c17-13-3-1-2-12(8-13)15-19-14(22-20-15)9-21-7-5-16(11-21)4-6-18-10-16/h1-3,8,18H,4-7,9-11H2. The Kier molecular flexibility index (Phi) is 3.64. The maximum Gasteiger partial charge on any atom is 0.241 e. The Morgan fingerprint density at radius 2 is 2.32 bits per heavy atom. The quantitative estimate of drug-likeness (QED) is 0.942. The lowest BCUT2D eigenvalue weighted by Crippen LogP contribution is -2.29. The van der Waals surface area contributed by atoms with Crippen LogP contribution in [-0.2, 0) is 6.54 Å². The van der Waals surface area contributed by atoms with Gasteiger partial charge in [-0.25, -0.2) is 0 Å². The van der Waals surface area contributed by atoms with Crippen molar-refractivity contribution >= 4 is 11.6 Å². The Balaban J connectivity index is 1.44. The lowest BCUT2D eigenvalue weighted by Gasteiger charge is -2.21. The van der Waals surface area contributed by atoms with Gasteiger partial charge in [0.05, 0.1) is 6.54 Å². The van der Waals surface area contributed by atoms with E-state index in [2.05, 4.69) is 20.4 Å². The first-order valence-corrected chi connectivity index (χ1v) is 8.12. The third kappa shape index (κ3) is 2.76. The Hall–Kier alpha value is -1.43. The van der Waals surface area contributed by atoms with Crippen molar-refractivity contribution in [2.24, 2.45) is 5.41 Å². The average molecular weight is 319 g/mol. The van der Waals surface area contributed by atoms with E-state index in [4.69, 9.17) is 16.1 Å². The fourth-order valence-corrected chi connectivity index (χ4v) is 3.75. The van der Waals surface area contributed by atoms with Crippen molar-refractivity contribution < 1.29 is 4.52 Å². The minimum atomic E-state index is 0.468. The van der Waals surface area contributed by atoms with Crippen molar-refractivity contribution in [2.75, 3.05) is 26.2 Å². The SMILES string of the molecule is Clc1cccc(-c2noc(CN3CCC4(CCNC4)C3)n2)c1. The molecular weight excluding hydrogens is 300 g/mol. The number of aromatic nitrogens is 2. The van der Waals surface area contributed by atoms with Crippen LogP contribution < -0.4 is 5.32 Å². The highest BCUT2D eigenvalue weighted by Crippen LogP contribution is 2.36. The van der Waals surface area contributed by atoms with E-state index in [1.54, 1.807) is 0 Å². The molecule has 6 heteroatoms. The summed E-state index contributed by atoms with van der Waals surface area (Å²) >= 11 is 6.01. The normalized spacial score (nSPS) is 25.3. The van der Waals surface area contributed by atoms with E-state index in [0.29, 0.717) is 22.2 Å². The van der Waals surface area contributed by atoms with Crippen molar-refractivity contribution in [3.63, 3.8) is 0 Å². The molecule has 1 aromatic heterocycles. The predicted octanol–water partition coefficient (Wildman–Crippen LogP) is 2.58. The molecule has 2 aliphatic heterocycles. The summed E-state index contributed by atoms with van der Waals surface area (Å²) in [7, 11) is 0. The molecule has 5 nitrogen and oxygen atoms in total. The van der Waals surface area contributed by atoms with Crippen LogP contribution >= 0.6 is 11.6 Å². The molecule has 116 valence electrons. The average Bonchev–Trinajstić information content (AvgIpc) is 3.23. The van der Waals surface area contributed by atoms with Crippen LogP contribution in [-0.4, -0.2) is 41.2 Å². The zero-order valence-electron chi connectivity index (χ0n) is 12.4. The minimum Gasteiger partial charge on any atom is -0.338 e. The number of hydrogen-bond acceptors (Lipinski definition) is 5. The number of halogens is 1. The minimum absolute atomic E-state index is 0.468. The number of hydrogen-bond donors (Lipinski definition) is 1. The maximum absolute atomic E-state index is 6.01. The summed E-state index contributed by atoms with van der Waals surface area (Å²) in [6, 6.07) is 7.52. The number of benzene rings is 1. The van der Waals surface area contributed by atoms with E-state index in [0.717, 1.165) is 38.3 Å². The first kappa shape index (κ1) is 14.2. The molecule has 0 aliphatic carbocycles. The summed E-state index contributed by atoms with van der Waals surface area (Å²) in [6.45, 7) is 5.25. The van der Waals surface area contributed by atoms with E-state index in [1.807, 2.05) is 24.3 Å². The summed E-state index contributed by atoms with van der Waals surface area (Å²) in [5, 5.41) is 8.23. The molecule has 0 radical (unpaired) electrons. The van der Waals surface area contributed by atoms with Gasteiger partial charge in [-0.1, -0.05) is 28.9 Å². The van der Waals surface area contributed by atoms with Crippen molar-refractivity contribution in [3.8, 4) is 11.4 Å². The van der Waals surface area contributed by atoms with E-state index in [-0.39, 0.29) is 0 Å². The second-order valence-electron chi connectivity index (χ2n) is 6.41. The van der Waals surface area contributed by atoms with Gasteiger partial charge >= 0.3 is 0 Å². The summed E-state index contributed by atoms with van der Waals surface area (Å²) in [4.78, 5) is 6.93. The number of likely N-dealkylation sites (tertiary alicyclic amines) is 1. The van der Waals surface area contributed by atoms with Gasteiger partial charge in [0.15, 0.2) is 0 Å². The van der Waals surface area contributed by atoms with E-state index in [1.165, 1.54) is 12.8 Å². The van der Waals surface area contributed by atoms with Gasteiger partial charge < -0.3 is 9.84 Å². The molecular formula is C16H19ClN4O. The summed E-state index contributed by atoms with van der Waals surface area (Å²) in [5.74, 6) is 1.28. The molecule has 22 heavy (non-hydrogen) atoms. The van der Waals surface area contributed by atoms with Gasteiger partial charge in [0.1, 0.15) is 0 Å². The fourth-order valence-electron chi connectivity index (χ4n) is 3.56. The predicted molar refractivity (Wildman–Crippen MR) is 84.6 cm³/mol. The first-order valence-electron chi connectivity index (χ1n) is 7.74. The van der Waals surface area contributed by atoms with Crippen molar-refractivity contribution in [3.05, 3.63) is 35.2 Å². The fraction of sp³-hybridized carbons (Fsp3) is 0.500. The van der Waals surface area contributed by atoms with Crippen molar-refractivity contribution in [1.82, 2.24) is 20.4 Å². The van der Waals surface area contributed by atoms with Crippen molar-refractivity contribution in [2.45, 2.75) is 19.4 Å². The third-order valence-corrected chi connectivity index (χ3v) is 4.99. The molecule has 0 amide bonds. The molecule has 3 heterocycles. The second-order valence-corrected chi connectivity index (χ2v) is 6.85. The van der Waals surface area contributed by atoms with Gasteiger partial charge in [-0.3, -0.25) is 4.90 Å². The van der Waals surface area contributed by atoms with E-state index in [9.17, 15) is 0 Å². The van der Waals surface area contributed by atoms with Crippen LogP contribution in [0.2, 0.25) is 5.02 Å². The van der Waals surface area contributed by atoms with Gasteiger partial charge in [-0.2, -0.15) is 4.98 Å². The highest BCUT2D eigenvalue weighted by atomic mass is 35.5. The Bertz CT molecular complexity index is 666. The molecule has 1 spiro atoms. The molecule has 1 aromatic carbocycles. The number of nitrogens with zero attached hydrogens (tertiary/aromatic N) is 3. The summed E-state index contributed by atoms with van der Waals surface area (Å²) in [5.41, 5.74) is 1.36. The molecule has 2 saturated heterocycles. The van der Waals surface area contributed by atoms with Crippen LogP contribution in [0.1, 0.15) is 18.7 Å². The lowest BCUT2D eigenvalue weighted by atomic mass is 9.87. The molecule has 1 unspecified atom stereocenters. The van der Waals surface area contributed by atoms with Gasteiger partial charge in [0, 0.05) is 23.7 Å². The summed E-state index contributed by atoms with van der Waals surface area (Å²) in [6.07, 6.45) is 2.54. The Morgan fingerprint density at radius 1 is 1.36 bits per heavy atom. The van der Waals surface area contributed by atoms with Crippen LogP contribution in [0.25, 0.3) is 11.4 Å². The zero-order valence-corrected chi connectivity index (χ0v) is 13.1. The Morgan fingerprint density at radius 3 is 3.14 bits per heavy atom. The Labute approximate surface area is 134 Å². The number of rotatable bonds is 3. The first-order chi connectivity index (χ1) is 10.7. The topological polar surface area (TPSA) is 54.2 Å². The van der Waals surface area contributed by atoms with Crippen LogP contribution in [0.3, 0.4) is 0 Å². The van der Waals surface area contributed by atoms with Crippen LogP contribution in [0.5, 0.6) is 0 Å². The van der Waals surface area contributed by atoms with E-state index < -0.39 is 0 Å². The van der Waals surface area contributed by atoms with Crippen LogP contribution in [0.4, 0.5) is 0 Å². The monoisotopic (exact) mass is 318 g/mol. The van der Waals surface area contributed by atoms with Crippen LogP contribution in [0, 0.1) is 5.41 Å². The molecule has 0 saturated carbocycles. The largest absolute Gasteiger partial charge is 0.338 e. The van der Waals surface area contributed by atoms with Crippen molar-refractivity contribution in [1.29, 1.82) is 0 Å². The second kappa shape index (κ2) is 5.65. The van der Waals surface area contributed by atoms with Gasteiger partial charge in [-0.15, -0.1) is 0 Å². The zero-order chi connectivity index (χ0) is 15.0. The lowest BCUT2D eigenvalue weighted by molar-refractivity contribution is 0.236. The molecule has 0 bridgehead atoms. The molecule has 1 atom stereocenters. The highest BCUT2D eigenvalue weighted by molar-refractivity contribution is 6.30.